The van der Waals surface area contributed by atoms with E-state index < -0.39 is 0 Å². The van der Waals surface area contributed by atoms with Crippen molar-refractivity contribution >= 4 is 29.1 Å². The van der Waals surface area contributed by atoms with Crippen LogP contribution >= 0.6 is 23.2 Å². The molecule has 0 saturated heterocycles. The molecule has 5 heteroatoms. The molecule has 0 aliphatic carbocycles. The van der Waals surface area contributed by atoms with E-state index in [1.807, 2.05) is 6.92 Å². The van der Waals surface area contributed by atoms with Crippen molar-refractivity contribution in [1.29, 1.82) is 0 Å². The maximum atomic E-state index is 12.1. The van der Waals surface area contributed by atoms with Gasteiger partial charge < -0.3 is 11.1 Å². The predicted molar refractivity (Wildman–Crippen MR) is 85.2 cm³/mol. The summed E-state index contributed by atoms with van der Waals surface area (Å²) in [7, 11) is 0. The molecule has 0 bridgehead atoms. The van der Waals surface area contributed by atoms with E-state index in [4.69, 9.17) is 28.9 Å². The topological polar surface area (TPSA) is 55.1 Å². The Morgan fingerprint density at radius 3 is 2.55 bits per heavy atom. The zero-order valence-corrected chi connectivity index (χ0v) is 13.7. The van der Waals surface area contributed by atoms with Crippen LogP contribution in [-0.4, -0.2) is 18.0 Å². The highest BCUT2D eigenvalue weighted by Gasteiger charge is 2.25. The summed E-state index contributed by atoms with van der Waals surface area (Å²) in [6, 6.07) is 5.14. The molecule has 3 N–H and O–H groups in total. The van der Waals surface area contributed by atoms with E-state index in [0.29, 0.717) is 22.5 Å². The number of benzene rings is 1. The smallest absolute Gasteiger partial charge is 0.224 e. The Labute approximate surface area is 130 Å². The van der Waals surface area contributed by atoms with Gasteiger partial charge in [0.15, 0.2) is 0 Å². The van der Waals surface area contributed by atoms with Gasteiger partial charge in [-0.3, -0.25) is 4.79 Å². The fourth-order valence-corrected chi connectivity index (χ4v) is 2.78. The number of nitrogens with one attached hydrogen (secondary N) is 1. The van der Waals surface area contributed by atoms with Gasteiger partial charge in [0.25, 0.3) is 0 Å². The van der Waals surface area contributed by atoms with Gasteiger partial charge in [0.2, 0.25) is 5.91 Å². The number of rotatable bonds is 6. The van der Waals surface area contributed by atoms with Crippen LogP contribution in [-0.2, 0) is 11.2 Å². The minimum atomic E-state index is -0.385. The molecule has 20 heavy (non-hydrogen) atoms. The van der Waals surface area contributed by atoms with Gasteiger partial charge in [0.05, 0.1) is 6.42 Å². The minimum absolute atomic E-state index is 0.0807. The van der Waals surface area contributed by atoms with Gasteiger partial charge in [0, 0.05) is 22.1 Å². The second kappa shape index (κ2) is 7.30. The van der Waals surface area contributed by atoms with E-state index in [1.165, 1.54) is 0 Å². The molecule has 3 nitrogen and oxygen atoms in total. The molecule has 1 aromatic rings. The lowest BCUT2D eigenvalue weighted by atomic mass is 9.90. The highest BCUT2D eigenvalue weighted by molar-refractivity contribution is 6.35. The normalized spacial score (nSPS) is 14.2. The fraction of sp³-hybridized carbons (Fsp3) is 0.533. The van der Waals surface area contributed by atoms with Crippen LogP contribution in [0, 0.1) is 5.92 Å². The van der Waals surface area contributed by atoms with Crippen molar-refractivity contribution in [3.63, 3.8) is 0 Å². The first-order chi connectivity index (χ1) is 9.25. The third-order valence-electron chi connectivity index (χ3n) is 3.12. The number of amides is 1. The maximum absolute atomic E-state index is 12.1. The van der Waals surface area contributed by atoms with Gasteiger partial charge in [-0.15, -0.1) is 0 Å². The summed E-state index contributed by atoms with van der Waals surface area (Å²) < 4.78 is 0. The Hall–Kier alpha value is -0.770. The number of hydrogen-bond donors (Lipinski definition) is 2. The molecule has 0 heterocycles. The van der Waals surface area contributed by atoms with E-state index in [2.05, 4.69) is 19.2 Å². The number of hydrogen-bond acceptors (Lipinski definition) is 2. The number of carbonyl (C=O) groups is 1. The summed E-state index contributed by atoms with van der Waals surface area (Å²) in [6.07, 6.45) is 1.06. The fourth-order valence-electron chi connectivity index (χ4n) is 2.31. The maximum Gasteiger partial charge on any atom is 0.224 e. The van der Waals surface area contributed by atoms with Crippen LogP contribution in [0.5, 0.6) is 0 Å². The molecule has 1 rings (SSSR count). The summed E-state index contributed by atoms with van der Waals surface area (Å²) in [6.45, 7) is 6.59. The molecule has 0 spiro atoms. The average Bonchev–Trinajstić information content (AvgIpc) is 2.31. The molecule has 0 aliphatic rings. The van der Waals surface area contributed by atoms with Crippen molar-refractivity contribution in [2.24, 2.45) is 11.7 Å². The van der Waals surface area contributed by atoms with Crippen LogP contribution in [0.1, 0.15) is 32.8 Å². The van der Waals surface area contributed by atoms with Gasteiger partial charge in [-0.25, -0.2) is 0 Å². The highest BCUT2D eigenvalue weighted by atomic mass is 35.5. The summed E-state index contributed by atoms with van der Waals surface area (Å²) in [5.41, 5.74) is 6.17. The first-order valence-electron chi connectivity index (χ1n) is 6.71. The van der Waals surface area contributed by atoms with E-state index in [-0.39, 0.29) is 17.9 Å². The van der Waals surface area contributed by atoms with Crippen LogP contribution in [0.15, 0.2) is 18.2 Å². The van der Waals surface area contributed by atoms with Crippen molar-refractivity contribution < 1.29 is 4.79 Å². The van der Waals surface area contributed by atoms with Crippen LogP contribution < -0.4 is 11.1 Å². The van der Waals surface area contributed by atoms with Gasteiger partial charge in [-0.2, -0.15) is 0 Å². The molecule has 1 aromatic carbocycles. The first-order valence-corrected chi connectivity index (χ1v) is 7.46. The van der Waals surface area contributed by atoms with Gasteiger partial charge in [-0.05, 0) is 37.0 Å². The summed E-state index contributed by atoms with van der Waals surface area (Å²) in [4.78, 5) is 12.1. The molecule has 0 aromatic heterocycles. The van der Waals surface area contributed by atoms with Crippen LogP contribution in [0.4, 0.5) is 0 Å². The third-order valence-corrected chi connectivity index (χ3v) is 3.70. The Morgan fingerprint density at radius 2 is 2.05 bits per heavy atom. The van der Waals surface area contributed by atoms with E-state index in [9.17, 15) is 4.79 Å². The Bertz CT molecular complexity index is 477. The number of carbonyl (C=O) groups excluding carboxylic acids is 1. The second-order valence-corrected chi connectivity index (χ2v) is 6.67. The molecule has 112 valence electrons. The molecule has 0 saturated carbocycles. The quantitative estimate of drug-likeness (QED) is 0.845. The summed E-state index contributed by atoms with van der Waals surface area (Å²) >= 11 is 11.9. The Morgan fingerprint density at radius 1 is 1.40 bits per heavy atom. The third kappa shape index (κ3) is 5.31. The van der Waals surface area contributed by atoms with Crippen LogP contribution in [0.2, 0.25) is 10.0 Å². The monoisotopic (exact) mass is 316 g/mol. The Kier molecular flexibility index (Phi) is 6.31. The lowest BCUT2D eigenvalue weighted by molar-refractivity contribution is -0.122. The first kappa shape index (κ1) is 17.3. The lowest BCUT2D eigenvalue weighted by Gasteiger charge is -2.31. The van der Waals surface area contributed by atoms with E-state index in [1.54, 1.807) is 18.2 Å². The lowest BCUT2D eigenvalue weighted by Crippen LogP contribution is -2.52. The zero-order valence-electron chi connectivity index (χ0n) is 12.2. The van der Waals surface area contributed by atoms with Crippen molar-refractivity contribution in [2.45, 2.75) is 39.2 Å². The average molecular weight is 317 g/mol. The number of halogens is 2. The van der Waals surface area contributed by atoms with E-state index in [0.717, 1.165) is 12.0 Å². The molecule has 1 atom stereocenters. The molecule has 1 amide bonds. The molecule has 1 unspecified atom stereocenters. The van der Waals surface area contributed by atoms with Crippen LogP contribution in [0.25, 0.3) is 0 Å². The highest BCUT2D eigenvalue weighted by Crippen LogP contribution is 2.22. The Balaban J connectivity index is 2.71. The van der Waals surface area contributed by atoms with Crippen molar-refractivity contribution in [3.8, 4) is 0 Å². The van der Waals surface area contributed by atoms with Crippen molar-refractivity contribution in [1.82, 2.24) is 5.32 Å². The molecular formula is C15H22Cl2N2O. The van der Waals surface area contributed by atoms with Gasteiger partial charge >= 0.3 is 0 Å². The largest absolute Gasteiger partial charge is 0.349 e. The van der Waals surface area contributed by atoms with Crippen LogP contribution in [0.3, 0.4) is 0 Å². The second-order valence-electron chi connectivity index (χ2n) is 5.82. The van der Waals surface area contributed by atoms with Crippen molar-refractivity contribution in [2.75, 3.05) is 6.54 Å². The molecule has 0 radical (unpaired) electrons. The van der Waals surface area contributed by atoms with Gasteiger partial charge in [0.1, 0.15) is 0 Å². The van der Waals surface area contributed by atoms with Crippen molar-refractivity contribution in [3.05, 3.63) is 33.8 Å². The summed E-state index contributed by atoms with van der Waals surface area (Å²) in [5.74, 6) is 0.380. The molecular weight excluding hydrogens is 295 g/mol. The molecule has 0 aliphatic heterocycles. The van der Waals surface area contributed by atoms with E-state index >= 15 is 0 Å². The summed E-state index contributed by atoms with van der Waals surface area (Å²) in [5, 5.41) is 4.08. The predicted octanol–water partition coefficient (Wildman–Crippen LogP) is 3.42. The zero-order chi connectivity index (χ0) is 15.3. The van der Waals surface area contributed by atoms with Gasteiger partial charge in [-0.1, -0.05) is 43.1 Å². The SMILES string of the molecule is CC(C)CC(C)(CN)NC(=O)Cc1ccc(Cl)cc1Cl. The molecule has 0 fully saturated rings. The number of nitrogens with two attached hydrogens (primary N) is 1. The standard InChI is InChI=1S/C15H22Cl2N2O/c1-10(2)8-15(3,9-18)19-14(20)6-11-4-5-12(16)7-13(11)17/h4-5,7,10H,6,8-9,18H2,1-3H3,(H,19,20). The minimum Gasteiger partial charge on any atom is -0.349 e.